The second-order valence-corrected chi connectivity index (χ2v) is 4.22. The summed E-state index contributed by atoms with van der Waals surface area (Å²) < 4.78 is 0. The molecule has 2 heteroatoms. The number of aliphatic hydroxyl groups excluding tert-OH is 1. The highest BCUT2D eigenvalue weighted by Crippen LogP contribution is 2.16. The average Bonchev–Trinajstić information content (AvgIpc) is 2.19. The molecule has 16 heavy (non-hydrogen) atoms. The van der Waals surface area contributed by atoms with Gasteiger partial charge in [0.15, 0.2) is 0 Å². The normalized spacial score (nSPS) is 11.6. The zero-order chi connectivity index (χ0) is 12.6. The fourth-order valence-corrected chi connectivity index (χ4v) is 1.95. The molecule has 0 spiro atoms. The summed E-state index contributed by atoms with van der Waals surface area (Å²) in [4.78, 5) is 0. The molecule has 1 atom stereocenters. The van der Waals surface area contributed by atoms with Crippen LogP contribution in [0.4, 0.5) is 0 Å². The van der Waals surface area contributed by atoms with Gasteiger partial charge in [0.05, 0.1) is 6.10 Å². The summed E-state index contributed by atoms with van der Waals surface area (Å²) in [5.41, 5.74) is 2.27. The molecule has 0 radical (unpaired) electrons. The Morgan fingerprint density at radius 1 is 1.25 bits per heavy atom. The molecular formula is C14H23ClO. The quantitative estimate of drug-likeness (QED) is 0.831. The maximum absolute atomic E-state index is 9.64. The Bertz CT molecular complexity index is 277. The third kappa shape index (κ3) is 6.14. The van der Waals surface area contributed by atoms with Crippen molar-refractivity contribution < 1.29 is 5.11 Å². The fourth-order valence-electron chi connectivity index (χ4n) is 1.64. The van der Waals surface area contributed by atoms with Crippen LogP contribution in [0.3, 0.4) is 0 Å². The largest absolute Gasteiger partial charge is 0.393 e. The Morgan fingerprint density at radius 2 is 1.88 bits per heavy atom. The number of aryl methyl sites for hydroxylation is 1. The van der Waals surface area contributed by atoms with Crippen LogP contribution in [0, 0.1) is 6.92 Å². The van der Waals surface area contributed by atoms with Gasteiger partial charge in [-0.05, 0) is 43.0 Å². The molecule has 1 rings (SSSR count). The topological polar surface area (TPSA) is 20.2 Å². The first kappa shape index (κ1) is 15.5. The van der Waals surface area contributed by atoms with E-state index in [4.69, 9.17) is 11.6 Å². The third-order valence-electron chi connectivity index (χ3n) is 2.20. The van der Waals surface area contributed by atoms with Crippen LogP contribution in [-0.2, 0) is 6.42 Å². The molecule has 92 valence electrons. The van der Waals surface area contributed by atoms with E-state index in [1.54, 1.807) is 0 Å². The molecule has 1 aromatic rings. The molecule has 1 unspecified atom stereocenters. The van der Waals surface area contributed by atoms with Crippen LogP contribution in [-0.4, -0.2) is 11.2 Å². The maximum Gasteiger partial charge on any atom is 0.0580 e. The average molecular weight is 243 g/mol. The van der Waals surface area contributed by atoms with Crippen molar-refractivity contribution in [3.63, 3.8) is 0 Å². The number of rotatable bonds is 4. The van der Waals surface area contributed by atoms with E-state index in [0.717, 1.165) is 29.0 Å². The van der Waals surface area contributed by atoms with Gasteiger partial charge in [-0.3, -0.25) is 0 Å². The lowest BCUT2D eigenvalue weighted by Crippen LogP contribution is -2.09. The predicted octanol–water partition coefficient (Wildman–Crippen LogP) is 4.38. The van der Waals surface area contributed by atoms with Crippen LogP contribution < -0.4 is 0 Å². The number of aliphatic hydroxyl groups is 1. The highest BCUT2D eigenvalue weighted by molar-refractivity contribution is 6.30. The third-order valence-corrected chi connectivity index (χ3v) is 2.41. The van der Waals surface area contributed by atoms with Crippen LogP contribution >= 0.6 is 11.6 Å². The molecule has 0 amide bonds. The smallest absolute Gasteiger partial charge is 0.0580 e. The standard InChI is InChI=1S/C12H17ClO.C2H6/c1-3-4-12(14)8-10-5-9(2)6-11(13)7-10;1-2/h5-7,12,14H,3-4,8H2,1-2H3;1-2H3. The minimum absolute atomic E-state index is 0.238. The van der Waals surface area contributed by atoms with Gasteiger partial charge in [0.25, 0.3) is 0 Å². The second kappa shape index (κ2) is 8.60. The monoisotopic (exact) mass is 242 g/mol. The lowest BCUT2D eigenvalue weighted by Gasteiger charge is -2.10. The van der Waals surface area contributed by atoms with E-state index in [9.17, 15) is 5.11 Å². The van der Waals surface area contributed by atoms with Crippen LogP contribution in [0.25, 0.3) is 0 Å². The molecule has 0 aliphatic heterocycles. The van der Waals surface area contributed by atoms with Gasteiger partial charge in [0.1, 0.15) is 0 Å². The Labute approximate surface area is 104 Å². The molecule has 0 saturated carbocycles. The maximum atomic E-state index is 9.64. The molecule has 0 bridgehead atoms. The van der Waals surface area contributed by atoms with Gasteiger partial charge in [-0.15, -0.1) is 0 Å². The summed E-state index contributed by atoms with van der Waals surface area (Å²) in [6.07, 6.45) is 2.33. The molecule has 0 heterocycles. The van der Waals surface area contributed by atoms with Gasteiger partial charge in [0, 0.05) is 5.02 Å². The van der Waals surface area contributed by atoms with Crippen molar-refractivity contribution in [2.75, 3.05) is 0 Å². The van der Waals surface area contributed by atoms with Crippen LogP contribution in [0.2, 0.25) is 5.02 Å². The first-order valence-electron chi connectivity index (χ1n) is 6.06. The van der Waals surface area contributed by atoms with E-state index in [1.807, 2.05) is 32.9 Å². The van der Waals surface area contributed by atoms with E-state index in [0.29, 0.717) is 6.42 Å². The van der Waals surface area contributed by atoms with E-state index in [2.05, 4.69) is 13.0 Å². The minimum Gasteiger partial charge on any atom is -0.393 e. The van der Waals surface area contributed by atoms with Gasteiger partial charge in [-0.2, -0.15) is 0 Å². The van der Waals surface area contributed by atoms with Crippen LogP contribution in [0.15, 0.2) is 18.2 Å². The molecule has 1 N–H and O–H groups in total. The first-order valence-corrected chi connectivity index (χ1v) is 6.43. The highest BCUT2D eigenvalue weighted by Gasteiger charge is 2.05. The molecule has 0 saturated heterocycles. The molecule has 0 fully saturated rings. The van der Waals surface area contributed by atoms with Crippen molar-refractivity contribution >= 4 is 11.6 Å². The van der Waals surface area contributed by atoms with Gasteiger partial charge in [-0.1, -0.05) is 44.9 Å². The number of hydrogen-bond donors (Lipinski definition) is 1. The highest BCUT2D eigenvalue weighted by atomic mass is 35.5. The summed E-state index contributed by atoms with van der Waals surface area (Å²) in [7, 11) is 0. The fraction of sp³-hybridized carbons (Fsp3) is 0.571. The van der Waals surface area contributed by atoms with E-state index in [-0.39, 0.29) is 6.10 Å². The minimum atomic E-state index is -0.238. The number of benzene rings is 1. The molecule has 0 aromatic heterocycles. The number of halogens is 1. The summed E-state index contributed by atoms with van der Waals surface area (Å²) >= 11 is 5.93. The summed E-state index contributed by atoms with van der Waals surface area (Å²) in [5.74, 6) is 0. The van der Waals surface area contributed by atoms with Gasteiger partial charge < -0.3 is 5.11 Å². The lowest BCUT2D eigenvalue weighted by atomic mass is 10.0. The van der Waals surface area contributed by atoms with Crippen molar-refractivity contribution in [1.82, 2.24) is 0 Å². The zero-order valence-corrected chi connectivity index (χ0v) is 11.5. The Morgan fingerprint density at radius 3 is 2.38 bits per heavy atom. The van der Waals surface area contributed by atoms with E-state index in [1.165, 1.54) is 0 Å². The Balaban J connectivity index is 0.00000106. The van der Waals surface area contributed by atoms with Gasteiger partial charge in [-0.25, -0.2) is 0 Å². The van der Waals surface area contributed by atoms with Gasteiger partial charge >= 0.3 is 0 Å². The summed E-state index contributed by atoms with van der Waals surface area (Å²) in [5, 5.41) is 10.4. The van der Waals surface area contributed by atoms with Gasteiger partial charge in [0.2, 0.25) is 0 Å². The zero-order valence-electron chi connectivity index (χ0n) is 10.8. The SMILES string of the molecule is CC.CCCC(O)Cc1cc(C)cc(Cl)c1. The molecular weight excluding hydrogens is 220 g/mol. The Hall–Kier alpha value is -0.530. The first-order chi connectivity index (χ1) is 7.61. The predicted molar refractivity (Wildman–Crippen MR) is 72.2 cm³/mol. The molecule has 1 nitrogen and oxygen atoms in total. The summed E-state index contributed by atoms with van der Waals surface area (Å²) in [6, 6.07) is 5.93. The van der Waals surface area contributed by atoms with Crippen molar-refractivity contribution in [3.05, 3.63) is 34.3 Å². The van der Waals surface area contributed by atoms with E-state index < -0.39 is 0 Å². The summed E-state index contributed by atoms with van der Waals surface area (Å²) in [6.45, 7) is 8.09. The van der Waals surface area contributed by atoms with Crippen molar-refractivity contribution in [3.8, 4) is 0 Å². The van der Waals surface area contributed by atoms with Crippen LogP contribution in [0.1, 0.15) is 44.7 Å². The molecule has 1 aromatic carbocycles. The second-order valence-electron chi connectivity index (χ2n) is 3.78. The molecule has 0 aliphatic rings. The van der Waals surface area contributed by atoms with Crippen molar-refractivity contribution in [2.24, 2.45) is 0 Å². The molecule has 0 aliphatic carbocycles. The lowest BCUT2D eigenvalue weighted by molar-refractivity contribution is 0.164. The van der Waals surface area contributed by atoms with E-state index >= 15 is 0 Å². The Kier molecular flexibility index (Phi) is 8.32. The van der Waals surface area contributed by atoms with Crippen molar-refractivity contribution in [1.29, 1.82) is 0 Å². The number of hydrogen-bond acceptors (Lipinski definition) is 1. The van der Waals surface area contributed by atoms with Crippen molar-refractivity contribution in [2.45, 2.75) is 53.1 Å². The van der Waals surface area contributed by atoms with Crippen LogP contribution in [0.5, 0.6) is 0 Å².